The Hall–Kier alpha value is -4.51. The number of benzene rings is 1. The van der Waals surface area contributed by atoms with E-state index in [2.05, 4.69) is 16.5 Å². The molecule has 9 nitrogen and oxygen atoms in total. The molecule has 5 heterocycles. The highest BCUT2D eigenvalue weighted by atomic mass is 19.1. The van der Waals surface area contributed by atoms with E-state index in [4.69, 9.17) is 4.98 Å². The zero-order valence-corrected chi connectivity index (χ0v) is 24.9. The van der Waals surface area contributed by atoms with Crippen LogP contribution >= 0.6 is 0 Å². The monoisotopic (exact) mass is 600 g/mol. The van der Waals surface area contributed by atoms with Crippen molar-refractivity contribution in [1.82, 2.24) is 24.4 Å². The van der Waals surface area contributed by atoms with Crippen LogP contribution in [-0.4, -0.2) is 67.2 Å². The van der Waals surface area contributed by atoms with Crippen molar-refractivity contribution < 1.29 is 18.7 Å². The second-order valence-corrected chi connectivity index (χ2v) is 11.8. The first-order valence-electron chi connectivity index (χ1n) is 14.8. The predicted molar refractivity (Wildman–Crippen MR) is 164 cm³/mol. The van der Waals surface area contributed by atoms with Crippen molar-refractivity contribution in [2.45, 2.75) is 58.1 Å². The molecule has 0 radical (unpaired) electrons. The molecule has 228 valence electrons. The molecule has 1 N–H and O–H groups in total. The second kappa shape index (κ2) is 11.5. The van der Waals surface area contributed by atoms with E-state index in [0.29, 0.717) is 48.6 Å². The third-order valence-electron chi connectivity index (χ3n) is 8.53. The minimum absolute atomic E-state index is 0.00236. The van der Waals surface area contributed by atoms with Gasteiger partial charge in [0.1, 0.15) is 23.1 Å². The fourth-order valence-electron chi connectivity index (χ4n) is 6.38. The van der Waals surface area contributed by atoms with Crippen LogP contribution in [0.25, 0.3) is 28.0 Å². The molecule has 0 aliphatic carbocycles. The zero-order valence-electron chi connectivity index (χ0n) is 24.9. The summed E-state index contributed by atoms with van der Waals surface area (Å²) in [6.45, 7) is 10.4. The van der Waals surface area contributed by atoms with Gasteiger partial charge < -0.3 is 14.9 Å². The first-order chi connectivity index (χ1) is 21.1. The Morgan fingerprint density at radius 2 is 1.93 bits per heavy atom. The van der Waals surface area contributed by atoms with Crippen LogP contribution in [0.2, 0.25) is 0 Å². The maximum atomic E-state index is 16.2. The van der Waals surface area contributed by atoms with Crippen molar-refractivity contribution in [2.75, 3.05) is 24.5 Å². The quantitative estimate of drug-likeness (QED) is 0.350. The number of nitrogens with zero attached hydrogens (tertiary/aromatic N) is 6. The summed E-state index contributed by atoms with van der Waals surface area (Å²) in [6, 6.07) is 7.27. The number of carbonyl (C=O) groups is 1. The van der Waals surface area contributed by atoms with Crippen LogP contribution in [-0.2, 0) is 17.6 Å². The fraction of sp³-hybridized carbons (Fsp3) is 0.364. The summed E-state index contributed by atoms with van der Waals surface area (Å²) >= 11 is 0. The van der Waals surface area contributed by atoms with Crippen molar-refractivity contribution >= 4 is 22.8 Å². The Morgan fingerprint density at radius 1 is 1.14 bits per heavy atom. The number of aliphatic hydroxyl groups excluding tert-OH is 1. The zero-order chi connectivity index (χ0) is 31.3. The van der Waals surface area contributed by atoms with Gasteiger partial charge in [-0.3, -0.25) is 9.78 Å². The van der Waals surface area contributed by atoms with E-state index in [1.807, 2.05) is 25.7 Å². The Bertz CT molecular complexity index is 1860. The number of halogens is 2. The average molecular weight is 601 g/mol. The number of piperazine rings is 1. The standard InChI is InChI=1S/C33H34F2N6O3/c1-5-26(43)39-13-14-40(19(4)17-39)31-23-16-25(35)29-27-20(7-6-8-24(27)34)9-10-22(42)15-21-11-12-36-28(18(2)3)30(21)41(32(23)37-29)33(44)38-31/h5-8,11-12,16,18-19,22,42H,1,9-10,13-15,17H2,2-4H3/t19-,22?/m0/s1. The van der Waals surface area contributed by atoms with Gasteiger partial charge >= 0.3 is 5.69 Å². The Morgan fingerprint density at radius 3 is 2.66 bits per heavy atom. The molecule has 2 aliphatic rings. The highest BCUT2D eigenvalue weighted by Crippen LogP contribution is 2.36. The van der Waals surface area contributed by atoms with Crippen molar-refractivity contribution in [3.63, 3.8) is 0 Å². The SMILES string of the molecule is C=CC(=O)N1CCN(c2nc(=O)n3c4nc(c(F)cc24)-c2c(F)cccc2CCC(O)Cc2ccnc(C(C)C)c2-3)[C@@H](C)C1. The molecule has 3 aromatic heterocycles. The number of aromatic nitrogens is 4. The number of amides is 1. The summed E-state index contributed by atoms with van der Waals surface area (Å²) in [4.78, 5) is 43.8. The summed E-state index contributed by atoms with van der Waals surface area (Å²) in [5.74, 6) is -1.50. The van der Waals surface area contributed by atoms with Gasteiger partial charge in [-0.2, -0.15) is 4.98 Å². The normalized spacial score (nSPS) is 18.5. The lowest BCUT2D eigenvalue weighted by molar-refractivity contribution is -0.126. The number of aryl methyl sites for hydroxylation is 1. The lowest BCUT2D eigenvalue weighted by Crippen LogP contribution is -2.54. The van der Waals surface area contributed by atoms with Crippen molar-refractivity contribution in [3.05, 3.63) is 88.1 Å². The van der Waals surface area contributed by atoms with Crippen LogP contribution < -0.4 is 10.6 Å². The summed E-state index contributed by atoms with van der Waals surface area (Å²) in [5, 5.41) is 11.4. The number of hydrogen-bond donors (Lipinski definition) is 1. The van der Waals surface area contributed by atoms with Crippen molar-refractivity contribution in [2.24, 2.45) is 0 Å². The molecule has 0 saturated carbocycles. The molecule has 1 unspecified atom stereocenters. The van der Waals surface area contributed by atoms with Crippen LogP contribution in [0.3, 0.4) is 0 Å². The van der Waals surface area contributed by atoms with Gasteiger partial charge in [0.2, 0.25) is 5.91 Å². The van der Waals surface area contributed by atoms with Crippen LogP contribution in [0.15, 0.2) is 54.0 Å². The van der Waals surface area contributed by atoms with Crippen LogP contribution in [0, 0.1) is 11.6 Å². The molecule has 2 bridgehead atoms. The molecule has 0 spiro atoms. The first kappa shape index (κ1) is 29.6. The van der Waals surface area contributed by atoms with Gasteiger partial charge in [0.25, 0.3) is 0 Å². The summed E-state index contributed by atoms with van der Waals surface area (Å²) in [7, 11) is 0. The van der Waals surface area contributed by atoms with E-state index in [0.717, 1.165) is 0 Å². The molecule has 1 aromatic carbocycles. The molecule has 1 saturated heterocycles. The molecule has 1 fully saturated rings. The van der Waals surface area contributed by atoms with Crippen molar-refractivity contribution in [1.29, 1.82) is 0 Å². The Labute approximate surface area is 253 Å². The van der Waals surface area contributed by atoms with Gasteiger partial charge in [-0.1, -0.05) is 32.6 Å². The van der Waals surface area contributed by atoms with E-state index < -0.39 is 23.4 Å². The number of hydrogen-bond acceptors (Lipinski definition) is 7. The maximum absolute atomic E-state index is 16.2. The molecule has 6 rings (SSSR count). The van der Waals surface area contributed by atoms with Gasteiger partial charge in [-0.05, 0) is 61.1 Å². The van der Waals surface area contributed by atoms with Crippen LogP contribution in [0.4, 0.5) is 14.6 Å². The molecular formula is C33H34F2N6O3. The lowest BCUT2D eigenvalue weighted by atomic mass is 9.94. The molecular weight excluding hydrogens is 566 g/mol. The van der Waals surface area contributed by atoms with E-state index in [-0.39, 0.29) is 58.8 Å². The highest BCUT2D eigenvalue weighted by Gasteiger charge is 2.31. The number of anilines is 1. The van der Waals surface area contributed by atoms with E-state index in [1.165, 1.54) is 22.8 Å². The predicted octanol–water partition coefficient (Wildman–Crippen LogP) is 4.32. The average Bonchev–Trinajstić information content (AvgIpc) is 2.99. The smallest absolute Gasteiger partial charge is 0.355 e. The van der Waals surface area contributed by atoms with E-state index in [1.54, 1.807) is 29.3 Å². The largest absolute Gasteiger partial charge is 0.393 e. The number of pyridine rings is 2. The second-order valence-electron chi connectivity index (χ2n) is 11.8. The Kier molecular flexibility index (Phi) is 7.75. The summed E-state index contributed by atoms with van der Waals surface area (Å²) in [5.41, 5.74) is 1.42. The Balaban J connectivity index is 1.69. The van der Waals surface area contributed by atoms with Crippen molar-refractivity contribution in [3.8, 4) is 16.9 Å². The molecule has 1 amide bonds. The summed E-state index contributed by atoms with van der Waals surface area (Å²) < 4.78 is 33.0. The van der Waals surface area contributed by atoms with Gasteiger partial charge in [0, 0.05) is 43.9 Å². The molecule has 2 aliphatic heterocycles. The minimum Gasteiger partial charge on any atom is -0.393 e. The van der Waals surface area contributed by atoms with Crippen LogP contribution in [0.1, 0.15) is 49.9 Å². The third-order valence-corrected chi connectivity index (χ3v) is 8.53. The lowest BCUT2D eigenvalue weighted by Gasteiger charge is -2.40. The fourth-order valence-corrected chi connectivity index (χ4v) is 6.38. The minimum atomic E-state index is -0.822. The van der Waals surface area contributed by atoms with Gasteiger partial charge in [-0.15, -0.1) is 0 Å². The number of aliphatic hydroxyl groups is 1. The van der Waals surface area contributed by atoms with E-state index >= 15 is 8.78 Å². The van der Waals surface area contributed by atoms with Gasteiger partial charge in [0.05, 0.1) is 22.9 Å². The first-order valence-corrected chi connectivity index (χ1v) is 14.8. The molecule has 11 heteroatoms. The van der Waals surface area contributed by atoms with E-state index in [9.17, 15) is 14.7 Å². The summed E-state index contributed by atoms with van der Waals surface area (Å²) in [6.07, 6.45) is 2.88. The number of fused-ring (bicyclic) bond motifs is 5. The molecule has 4 aromatic rings. The highest BCUT2D eigenvalue weighted by molar-refractivity contribution is 5.91. The third kappa shape index (κ3) is 5.04. The maximum Gasteiger partial charge on any atom is 0.355 e. The van der Waals surface area contributed by atoms with Crippen LogP contribution in [0.5, 0.6) is 0 Å². The number of carbonyl (C=O) groups excluding carboxylic acids is 1. The topological polar surface area (TPSA) is 104 Å². The molecule has 44 heavy (non-hydrogen) atoms. The molecule has 2 atom stereocenters. The number of rotatable bonds is 3. The van der Waals surface area contributed by atoms with Gasteiger partial charge in [-0.25, -0.2) is 23.1 Å². The van der Waals surface area contributed by atoms with Gasteiger partial charge in [0.15, 0.2) is 5.65 Å².